The zero-order chi connectivity index (χ0) is 12.1. The van der Waals surface area contributed by atoms with Gasteiger partial charge in [0.1, 0.15) is 0 Å². The van der Waals surface area contributed by atoms with Gasteiger partial charge < -0.3 is 10.3 Å². The number of hydrogen-bond acceptors (Lipinski definition) is 3. The van der Waals surface area contributed by atoms with Gasteiger partial charge in [-0.15, -0.1) is 0 Å². The van der Waals surface area contributed by atoms with E-state index in [1.54, 1.807) is 6.33 Å². The molecule has 0 atom stereocenters. The number of aromatic amines is 1. The van der Waals surface area contributed by atoms with Crippen LogP contribution in [0.15, 0.2) is 24.7 Å². The normalized spacial score (nSPS) is 10.7. The Morgan fingerprint density at radius 1 is 1.24 bits per heavy atom. The van der Waals surface area contributed by atoms with Gasteiger partial charge in [0.2, 0.25) is 0 Å². The van der Waals surface area contributed by atoms with Crippen molar-refractivity contribution in [2.24, 2.45) is 0 Å². The lowest BCUT2D eigenvalue weighted by atomic mass is 10.1. The molecule has 17 heavy (non-hydrogen) atoms. The van der Waals surface area contributed by atoms with E-state index in [1.165, 1.54) is 5.56 Å². The standard InChI is InChI=1S/C13H18N4/c1-3-11-5-4-6-15-13(11)8-14-7-12-10(2)16-9-17-12/h4-6,9,14H,3,7-8H2,1-2H3,(H,16,17). The van der Waals surface area contributed by atoms with Crippen LogP contribution in [0.4, 0.5) is 0 Å². The first kappa shape index (κ1) is 11.8. The summed E-state index contributed by atoms with van der Waals surface area (Å²) in [4.78, 5) is 11.7. The van der Waals surface area contributed by atoms with Crippen molar-refractivity contribution in [3.05, 3.63) is 47.3 Å². The summed E-state index contributed by atoms with van der Waals surface area (Å²) in [5, 5.41) is 3.37. The van der Waals surface area contributed by atoms with Crippen LogP contribution in [-0.4, -0.2) is 15.0 Å². The molecular weight excluding hydrogens is 212 g/mol. The first-order chi connectivity index (χ1) is 8.31. The Morgan fingerprint density at radius 2 is 2.06 bits per heavy atom. The number of hydrogen-bond donors (Lipinski definition) is 2. The smallest absolute Gasteiger partial charge is 0.0925 e. The molecule has 0 saturated carbocycles. The molecule has 90 valence electrons. The van der Waals surface area contributed by atoms with Gasteiger partial charge in [-0.05, 0) is 25.0 Å². The minimum Gasteiger partial charge on any atom is -0.348 e. The van der Waals surface area contributed by atoms with Gasteiger partial charge in [-0.2, -0.15) is 0 Å². The molecule has 0 fully saturated rings. The lowest BCUT2D eigenvalue weighted by Crippen LogP contribution is -2.15. The Kier molecular flexibility index (Phi) is 3.88. The predicted molar refractivity (Wildman–Crippen MR) is 67.5 cm³/mol. The molecule has 2 rings (SSSR count). The topological polar surface area (TPSA) is 53.6 Å². The van der Waals surface area contributed by atoms with E-state index in [0.29, 0.717) is 0 Å². The van der Waals surface area contributed by atoms with Gasteiger partial charge in [0.05, 0.1) is 17.7 Å². The van der Waals surface area contributed by atoms with E-state index in [2.05, 4.69) is 33.3 Å². The second-order valence-electron chi connectivity index (χ2n) is 4.04. The maximum Gasteiger partial charge on any atom is 0.0925 e. The third kappa shape index (κ3) is 2.91. The molecule has 2 aromatic rings. The van der Waals surface area contributed by atoms with Gasteiger partial charge in [-0.3, -0.25) is 4.98 Å². The summed E-state index contributed by atoms with van der Waals surface area (Å²) < 4.78 is 0. The summed E-state index contributed by atoms with van der Waals surface area (Å²) in [6.07, 6.45) is 4.59. The molecule has 4 heteroatoms. The second kappa shape index (κ2) is 5.59. The van der Waals surface area contributed by atoms with E-state index >= 15 is 0 Å². The molecule has 0 aromatic carbocycles. The number of nitrogens with zero attached hydrogens (tertiary/aromatic N) is 2. The summed E-state index contributed by atoms with van der Waals surface area (Å²) in [6, 6.07) is 4.12. The van der Waals surface area contributed by atoms with Crippen LogP contribution in [0.25, 0.3) is 0 Å². The van der Waals surface area contributed by atoms with Crippen molar-refractivity contribution in [3.8, 4) is 0 Å². The van der Waals surface area contributed by atoms with Crippen LogP contribution in [-0.2, 0) is 19.5 Å². The highest BCUT2D eigenvalue weighted by Crippen LogP contribution is 2.06. The van der Waals surface area contributed by atoms with Crippen molar-refractivity contribution >= 4 is 0 Å². The van der Waals surface area contributed by atoms with Crippen LogP contribution < -0.4 is 5.32 Å². The molecule has 0 bridgehead atoms. The summed E-state index contributed by atoms with van der Waals surface area (Å²) in [5.74, 6) is 0. The molecule has 0 aliphatic carbocycles. The van der Waals surface area contributed by atoms with Gasteiger partial charge in [0.25, 0.3) is 0 Å². The maximum absolute atomic E-state index is 4.40. The molecule has 0 aliphatic rings. The molecule has 0 aliphatic heterocycles. The number of aromatic nitrogens is 3. The molecule has 0 amide bonds. The third-order valence-electron chi connectivity index (χ3n) is 2.88. The van der Waals surface area contributed by atoms with E-state index in [1.807, 2.05) is 19.2 Å². The van der Waals surface area contributed by atoms with Crippen LogP contribution in [0.5, 0.6) is 0 Å². The molecule has 2 N–H and O–H groups in total. The number of aryl methyl sites for hydroxylation is 2. The van der Waals surface area contributed by atoms with Gasteiger partial charge in [-0.25, -0.2) is 4.98 Å². The number of rotatable bonds is 5. The summed E-state index contributed by atoms with van der Waals surface area (Å²) in [5.41, 5.74) is 4.62. The van der Waals surface area contributed by atoms with Crippen molar-refractivity contribution in [2.75, 3.05) is 0 Å². The van der Waals surface area contributed by atoms with Crippen LogP contribution in [0.1, 0.15) is 29.6 Å². The van der Waals surface area contributed by atoms with Crippen molar-refractivity contribution in [2.45, 2.75) is 33.4 Å². The van der Waals surface area contributed by atoms with Gasteiger partial charge in [0, 0.05) is 25.0 Å². The Bertz CT molecular complexity index is 476. The average molecular weight is 230 g/mol. The highest BCUT2D eigenvalue weighted by atomic mass is 15.0. The zero-order valence-electron chi connectivity index (χ0n) is 10.3. The Labute approximate surface area is 102 Å². The van der Waals surface area contributed by atoms with Crippen molar-refractivity contribution in [1.29, 1.82) is 0 Å². The van der Waals surface area contributed by atoms with Crippen LogP contribution in [0.3, 0.4) is 0 Å². The first-order valence-electron chi connectivity index (χ1n) is 5.93. The fraction of sp³-hybridized carbons (Fsp3) is 0.385. The third-order valence-corrected chi connectivity index (χ3v) is 2.88. The molecular formula is C13H18N4. The fourth-order valence-electron chi connectivity index (χ4n) is 1.82. The van der Waals surface area contributed by atoms with E-state index in [9.17, 15) is 0 Å². The number of H-pyrrole nitrogens is 1. The molecule has 2 aromatic heterocycles. The van der Waals surface area contributed by atoms with Crippen LogP contribution >= 0.6 is 0 Å². The predicted octanol–water partition coefficient (Wildman–Crippen LogP) is 1.97. The second-order valence-corrected chi connectivity index (χ2v) is 4.04. The van der Waals surface area contributed by atoms with Gasteiger partial charge in [-0.1, -0.05) is 13.0 Å². The SMILES string of the molecule is CCc1cccnc1CNCc1nc[nH]c1C. The lowest BCUT2D eigenvalue weighted by molar-refractivity contribution is 0.661. The van der Waals surface area contributed by atoms with E-state index < -0.39 is 0 Å². The van der Waals surface area contributed by atoms with Gasteiger partial charge >= 0.3 is 0 Å². The summed E-state index contributed by atoms with van der Waals surface area (Å²) >= 11 is 0. The average Bonchev–Trinajstić information content (AvgIpc) is 2.76. The monoisotopic (exact) mass is 230 g/mol. The number of pyridine rings is 1. The molecule has 0 radical (unpaired) electrons. The van der Waals surface area contributed by atoms with Crippen LogP contribution in [0.2, 0.25) is 0 Å². The quantitative estimate of drug-likeness (QED) is 0.825. The molecule has 4 nitrogen and oxygen atoms in total. The Hall–Kier alpha value is -1.68. The fourth-order valence-corrected chi connectivity index (χ4v) is 1.82. The number of imidazole rings is 1. The molecule has 2 heterocycles. The largest absolute Gasteiger partial charge is 0.348 e. The first-order valence-corrected chi connectivity index (χ1v) is 5.93. The summed E-state index contributed by atoms with van der Waals surface area (Å²) in [7, 11) is 0. The molecule has 0 spiro atoms. The highest BCUT2D eigenvalue weighted by Gasteiger charge is 2.03. The maximum atomic E-state index is 4.40. The Morgan fingerprint density at radius 3 is 2.76 bits per heavy atom. The van der Waals surface area contributed by atoms with E-state index in [-0.39, 0.29) is 0 Å². The van der Waals surface area contributed by atoms with Crippen molar-refractivity contribution < 1.29 is 0 Å². The van der Waals surface area contributed by atoms with Crippen molar-refractivity contribution in [1.82, 2.24) is 20.3 Å². The van der Waals surface area contributed by atoms with E-state index in [4.69, 9.17) is 0 Å². The Balaban J connectivity index is 1.92. The minimum absolute atomic E-state index is 0.773. The van der Waals surface area contributed by atoms with Crippen molar-refractivity contribution in [3.63, 3.8) is 0 Å². The lowest BCUT2D eigenvalue weighted by Gasteiger charge is -2.07. The summed E-state index contributed by atoms with van der Waals surface area (Å²) in [6.45, 7) is 5.74. The minimum atomic E-state index is 0.773. The van der Waals surface area contributed by atoms with Crippen LogP contribution in [0, 0.1) is 6.92 Å². The highest BCUT2D eigenvalue weighted by molar-refractivity contribution is 5.19. The van der Waals surface area contributed by atoms with Gasteiger partial charge in [0.15, 0.2) is 0 Å². The zero-order valence-corrected chi connectivity index (χ0v) is 10.3. The molecule has 0 saturated heterocycles. The number of nitrogens with one attached hydrogen (secondary N) is 2. The molecule has 0 unspecified atom stereocenters. The van der Waals surface area contributed by atoms with E-state index in [0.717, 1.165) is 36.6 Å².